The van der Waals surface area contributed by atoms with Crippen LogP contribution in [-0.4, -0.2) is 22.6 Å². The lowest BCUT2D eigenvalue weighted by atomic mass is 10.1. The molecule has 72 valence electrons. The van der Waals surface area contributed by atoms with Crippen LogP contribution in [0.15, 0.2) is 12.4 Å². The lowest BCUT2D eigenvalue weighted by molar-refractivity contribution is 0.410. The fraction of sp³-hybridized carbons (Fsp3) is 0.556. The Morgan fingerprint density at radius 2 is 1.77 bits per heavy atom. The van der Waals surface area contributed by atoms with Crippen molar-refractivity contribution in [3.8, 4) is 5.75 Å². The second-order valence-electron chi connectivity index (χ2n) is 3.82. The number of aromatic nitrogens is 2. The van der Waals surface area contributed by atoms with Gasteiger partial charge in [0.1, 0.15) is 0 Å². The quantitative estimate of drug-likeness (QED) is 0.754. The van der Waals surface area contributed by atoms with Gasteiger partial charge in [-0.05, 0) is 20.8 Å². The third-order valence-corrected chi connectivity index (χ3v) is 1.35. The van der Waals surface area contributed by atoms with Gasteiger partial charge in [0.05, 0.1) is 19.5 Å². The average molecular weight is 181 g/mol. The first-order chi connectivity index (χ1) is 6.01. The number of hydrogen-bond acceptors (Lipinski definition) is 4. The Labute approximate surface area is 78.4 Å². The van der Waals surface area contributed by atoms with Gasteiger partial charge in [0.25, 0.3) is 0 Å². The summed E-state index contributed by atoms with van der Waals surface area (Å²) in [4.78, 5) is 8.18. The average Bonchev–Trinajstić information content (AvgIpc) is 2.03. The van der Waals surface area contributed by atoms with Crippen molar-refractivity contribution in [1.82, 2.24) is 9.97 Å². The first-order valence-electron chi connectivity index (χ1n) is 4.15. The minimum atomic E-state index is -0.0193. The van der Waals surface area contributed by atoms with Gasteiger partial charge in [0.2, 0.25) is 5.95 Å². The maximum atomic E-state index is 4.95. The van der Waals surface area contributed by atoms with Crippen LogP contribution < -0.4 is 10.1 Å². The number of hydrogen-bond donors (Lipinski definition) is 1. The maximum absolute atomic E-state index is 4.95. The van der Waals surface area contributed by atoms with Gasteiger partial charge in [-0.1, -0.05) is 0 Å². The van der Waals surface area contributed by atoms with E-state index in [1.54, 1.807) is 19.5 Å². The summed E-state index contributed by atoms with van der Waals surface area (Å²) in [7, 11) is 1.59. The van der Waals surface area contributed by atoms with E-state index in [0.29, 0.717) is 11.7 Å². The molecule has 0 unspecified atom stereocenters. The predicted octanol–water partition coefficient (Wildman–Crippen LogP) is 1.70. The number of anilines is 1. The molecule has 0 saturated heterocycles. The SMILES string of the molecule is COc1cnc(NC(C)(C)C)nc1. The predicted molar refractivity (Wildman–Crippen MR) is 52.0 cm³/mol. The van der Waals surface area contributed by atoms with E-state index in [1.807, 2.05) is 0 Å². The molecule has 4 nitrogen and oxygen atoms in total. The fourth-order valence-electron chi connectivity index (χ4n) is 0.822. The van der Waals surface area contributed by atoms with E-state index < -0.39 is 0 Å². The summed E-state index contributed by atoms with van der Waals surface area (Å²) in [6, 6.07) is 0. The standard InChI is InChI=1S/C9H15N3O/c1-9(2,3)12-8-10-5-7(13-4)6-11-8/h5-6H,1-4H3,(H,10,11,12). The van der Waals surface area contributed by atoms with E-state index in [2.05, 4.69) is 36.1 Å². The van der Waals surface area contributed by atoms with E-state index in [0.717, 1.165) is 0 Å². The van der Waals surface area contributed by atoms with Crippen LogP contribution in [0.5, 0.6) is 5.75 Å². The maximum Gasteiger partial charge on any atom is 0.223 e. The largest absolute Gasteiger partial charge is 0.494 e. The van der Waals surface area contributed by atoms with Gasteiger partial charge in [-0.2, -0.15) is 0 Å². The van der Waals surface area contributed by atoms with Crippen LogP contribution in [0.25, 0.3) is 0 Å². The third kappa shape index (κ3) is 3.27. The zero-order valence-electron chi connectivity index (χ0n) is 8.46. The molecule has 1 N–H and O–H groups in total. The van der Waals surface area contributed by atoms with Crippen molar-refractivity contribution in [3.63, 3.8) is 0 Å². The molecule has 0 aliphatic rings. The summed E-state index contributed by atoms with van der Waals surface area (Å²) in [6.45, 7) is 6.17. The lowest BCUT2D eigenvalue weighted by Crippen LogP contribution is -2.27. The van der Waals surface area contributed by atoms with E-state index in [9.17, 15) is 0 Å². The summed E-state index contributed by atoms with van der Waals surface area (Å²) < 4.78 is 4.95. The lowest BCUT2D eigenvalue weighted by Gasteiger charge is -2.20. The van der Waals surface area contributed by atoms with Crippen molar-refractivity contribution >= 4 is 5.95 Å². The van der Waals surface area contributed by atoms with Crippen molar-refractivity contribution in [2.45, 2.75) is 26.3 Å². The Bertz CT molecular complexity index is 263. The van der Waals surface area contributed by atoms with Crippen molar-refractivity contribution in [3.05, 3.63) is 12.4 Å². The zero-order chi connectivity index (χ0) is 9.90. The highest BCUT2D eigenvalue weighted by atomic mass is 16.5. The fourth-order valence-corrected chi connectivity index (χ4v) is 0.822. The molecule has 0 fully saturated rings. The molecule has 0 bridgehead atoms. The number of nitrogens with one attached hydrogen (secondary N) is 1. The van der Waals surface area contributed by atoms with Crippen LogP contribution in [0.3, 0.4) is 0 Å². The van der Waals surface area contributed by atoms with E-state index in [4.69, 9.17) is 4.74 Å². The van der Waals surface area contributed by atoms with Crippen molar-refractivity contribution < 1.29 is 4.74 Å². The molecule has 0 aliphatic heterocycles. The minimum absolute atomic E-state index is 0.0193. The number of rotatable bonds is 2. The Balaban J connectivity index is 2.70. The van der Waals surface area contributed by atoms with Crippen LogP contribution in [0, 0.1) is 0 Å². The molecular weight excluding hydrogens is 166 g/mol. The highest BCUT2D eigenvalue weighted by Crippen LogP contribution is 2.11. The van der Waals surface area contributed by atoms with Crippen molar-refractivity contribution in [2.75, 3.05) is 12.4 Å². The van der Waals surface area contributed by atoms with Crippen LogP contribution in [0.2, 0.25) is 0 Å². The van der Waals surface area contributed by atoms with Crippen LogP contribution >= 0.6 is 0 Å². The minimum Gasteiger partial charge on any atom is -0.494 e. The molecule has 0 amide bonds. The van der Waals surface area contributed by atoms with Gasteiger partial charge in [-0.3, -0.25) is 0 Å². The highest BCUT2D eigenvalue weighted by molar-refractivity contribution is 5.29. The molecule has 0 radical (unpaired) electrons. The van der Waals surface area contributed by atoms with Crippen LogP contribution in [-0.2, 0) is 0 Å². The zero-order valence-corrected chi connectivity index (χ0v) is 8.46. The van der Waals surface area contributed by atoms with Gasteiger partial charge in [-0.15, -0.1) is 0 Å². The van der Waals surface area contributed by atoms with Gasteiger partial charge in [0.15, 0.2) is 5.75 Å². The molecule has 0 aliphatic carbocycles. The smallest absolute Gasteiger partial charge is 0.223 e. The first kappa shape index (κ1) is 9.77. The molecule has 0 spiro atoms. The van der Waals surface area contributed by atoms with Gasteiger partial charge in [-0.25, -0.2) is 9.97 Å². The molecule has 0 aromatic carbocycles. The van der Waals surface area contributed by atoms with E-state index in [-0.39, 0.29) is 5.54 Å². The molecule has 4 heteroatoms. The Morgan fingerprint density at radius 1 is 1.23 bits per heavy atom. The molecule has 1 aromatic rings. The summed E-state index contributed by atoms with van der Waals surface area (Å²) in [6.07, 6.45) is 3.28. The summed E-state index contributed by atoms with van der Waals surface area (Å²) in [5, 5.41) is 3.15. The molecule has 1 rings (SSSR count). The molecule has 1 heterocycles. The number of methoxy groups -OCH3 is 1. The second-order valence-corrected chi connectivity index (χ2v) is 3.82. The first-order valence-corrected chi connectivity index (χ1v) is 4.15. The molecule has 0 atom stereocenters. The van der Waals surface area contributed by atoms with Crippen LogP contribution in [0.4, 0.5) is 5.95 Å². The third-order valence-electron chi connectivity index (χ3n) is 1.35. The van der Waals surface area contributed by atoms with E-state index >= 15 is 0 Å². The van der Waals surface area contributed by atoms with Gasteiger partial charge in [0, 0.05) is 5.54 Å². The van der Waals surface area contributed by atoms with Gasteiger partial charge >= 0.3 is 0 Å². The highest BCUT2D eigenvalue weighted by Gasteiger charge is 2.10. The number of ether oxygens (including phenoxy) is 1. The number of nitrogens with zero attached hydrogens (tertiary/aromatic N) is 2. The topological polar surface area (TPSA) is 47.0 Å². The molecule has 13 heavy (non-hydrogen) atoms. The normalized spacial score (nSPS) is 11.1. The molecule has 0 saturated carbocycles. The van der Waals surface area contributed by atoms with Gasteiger partial charge < -0.3 is 10.1 Å². The summed E-state index contributed by atoms with van der Waals surface area (Å²) >= 11 is 0. The molecule has 1 aromatic heterocycles. The Morgan fingerprint density at radius 3 is 2.15 bits per heavy atom. The van der Waals surface area contributed by atoms with Crippen LogP contribution in [0.1, 0.15) is 20.8 Å². The van der Waals surface area contributed by atoms with E-state index in [1.165, 1.54) is 0 Å². The monoisotopic (exact) mass is 181 g/mol. The Hall–Kier alpha value is -1.32. The Kier molecular flexibility index (Phi) is 2.70. The van der Waals surface area contributed by atoms with Crippen molar-refractivity contribution in [1.29, 1.82) is 0 Å². The summed E-state index contributed by atoms with van der Waals surface area (Å²) in [5.41, 5.74) is -0.0193. The molecular formula is C9H15N3O. The second kappa shape index (κ2) is 3.60. The summed E-state index contributed by atoms with van der Waals surface area (Å²) in [5.74, 6) is 1.28. The van der Waals surface area contributed by atoms with Crippen molar-refractivity contribution in [2.24, 2.45) is 0 Å².